The highest BCUT2D eigenvalue weighted by molar-refractivity contribution is 6.39. The number of amides is 2. The van der Waals surface area contributed by atoms with Gasteiger partial charge >= 0.3 is 11.8 Å². The molecule has 2 aromatic carbocycles. The van der Waals surface area contributed by atoms with E-state index < -0.39 is 11.8 Å². The smallest absolute Gasteiger partial charge is 0.307 e. The predicted octanol–water partition coefficient (Wildman–Crippen LogP) is 5.42. The highest BCUT2D eigenvalue weighted by Gasteiger charge is 2.15. The van der Waals surface area contributed by atoms with Crippen molar-refractivity contribution in [1.82, 2.24) is 10.9 Å². The fourth-order valence-corrected chi connectivity index (χ4v) is 3.26. The van der Waals surface area contributed by atoms with E-state index >= 15 is 0 Å². The molecule has 1 heterocycles. The van der Waals surface area contributed by atoms with Gasteiger partial charge in [0.1, 0.15) is 0 Å². The van der Waals surface area contributed by atoms with E-state index in [1.165, 1.54) is 24.6 Å². The molecule has 0 atom stereocenters. The van der Waals surface area contributed by atoms with E-state index in [4.69, 9.17) is 50.8 Å². The lowest BCUT2D eigenvalue weighted by Gasteiger charge is -2.01. The molecule has 11 heteroatoms. The lowest BCUT2D eigenvalue weighted by molar-refractivity contribution is 0.0902. The molecule has 0 radical (unpaired) electrons. The van der Waals surface area contributed by atoms with Crippen LogP contribution >= 0.6 is 46.4 Å². The minimum atomic E-state index is -0.676. The number of rotatable bonds is 6. The van der Waals surface area contributed by atoms with Crippen LogP contribution in [0, 0.1) is 0 Å². The summed E-state index contributed by atoms with van der Waals surface area (Å²) in [6.45, 7) is 0. The number of hydrogen-bond donors (Lipinski definition) is 2. The minimum Gasteiger partial charge on any atom is -0.446 e. The van der Waals surface area contributed by atoms with Crippen molar-refractivity contribution >= 4 is 70.6 Å². The Balaban J connectivity index is 1.60. The summed E-state index contributed by atoms with van der Waals surface area (Å²) >= 11 is 24.1. The number of hydrogen-bond acceptors (Lipinski definition) is 5. The Bertz CT molecular complexity index is 1060. The van der Waals surface area contributed by atoms with E-state index in [1.807, 2.05) is 0 Å². The molecule has 3 rings (SSSR count). The maximum atomic E-state index is 12.1. The first-order chi connectivity index (χ1) is 14.9. The molecule has 0 aliphatic heterocycles. The third-order valence-electron chi connectivity index (χ3n) is 3.77. The van der Waals surface area contributed by atoms with Crippen LogP contribution in [0.15, 0.2) is 63.2 Å². The summed E-state index contributed by atoms with van der Waals surface area (Å²) in [5.74, 6) is -1.62. The Labute approximate surface area is 196 Å². The average molecular weight is 498 g/mol. The molecule has 0 fully saturated rings. The summed E-state index contributed by atoms with van der Waals surface area (Å²) in [6, 6.07) is 12.5. The highest BCUT2D eigenvalue weighted by Crippen LogP contribution is 2.23. The number of carbonyl (C=O) groups excluding carboxylic acids is 2. The number of benzene rings is 2. The van der Waals surface area contributed by atoms with Crippen molar-refractivity contribution in [3.05, 3.63) is 91.3 Å². The van der Waals surface area contributed by atoms with Crippen molar-refractivity contribution < 1.29 is 14.0 Å². The molecular weight excluding hydrogens is 486 g/mol. The molecule has 0 saturated carbocycles. The van der Waals surface area contributed by atoms with Crippen LogP contribution in [0.25, 0.3) is 0 Å². The van der Waals surface area contributed by atoms with Gasteiger partial charge in [-0.05, 0) is 36.4 Å². The van der Waals surface area contributed by atoms with Crippen molar-refractivity contribution in [2.45, 2.75) is 0 Å². The number of carbonyl (C=O) groups is 2. The van der Waals surface area contributed by atoms with Gasteiger partial charge in [-0.15, -0.1) is 0 Å². The zero-order valence-electron chi connectivity index (χ0n) is 15.4. The zero-order chi connectivity index (χ0) is 22.4. The van der Waals surface area contributed by atoms with Crippen LogP contribution in [0.1, 0.15) is 32.2 Å². The van der Waals surface area contributed by atoms with E-state index in [1.54, 1.807) is 36.4 Å². The van der Waals surface area contributed by atoms with Crippen molar-refractivity contribution in [3.63, 3.8) is 0 Å². The maximum Gasteiger partial charge on any atom is 0.307 e. The molecule has 0 aliphatic rings. The lowest BCUT2D eigenvalue weighted by atomic mass is 10.2. The molecule has 7 nitrogen and oxygen atoms in total. The van der Waals surface area contributed by atoms with E-state index in [0.717, 1.165) is 0 Å². The van der Waals surface area contributed by atoms with Crippen LogP contribution in [0.2, 0.25) is 20.1 Å². The molecule has 0 unspecified atom stereocenters. The summed E-state index contributed by atoms with van der Waals surface area (Å²) in [5, 5.41) is 9.09. The van der Waals surface area contributed by atoms with Gasteiger partial charge in [0, 0.05) is 11.1 Å². The van der Waals surface area contributed by atoms with E-state index in [2.05, 4.69) is 21.1 Å². The second kappa shape index (κ2) is 10.5. The quantitative estimate of drug-likeness (QED) is 0.351. The molecule has 0 aliphatic carbocycles. The summed E-state index contributed by atoms with van der Waals surface area (Å²) in [4.78, 5) is 24.3. The summed E-state index contributed by atoms with van der Waals surface area (Å²) in [7, 11) is 0. The van der Waals surface area contributed by atoms with Crippen LogP contribution in [-0.4, -0.2) is 24.2 Å². The predicted molar refractivity (Wildman–Crippen MR) is 122 cm³/mol. The summed E-state index contributed by atoms with van der Waals surface area (Å²) in [5.41, 5.74) is 5.41. The van der Waals surface area contributed by atoms with Gasteiger partial charge in [-0.25, -0.2) is 10.9 Å². The van der Waals surface area contributed by atoms with Gasteiger partial charge in [0.05, 0.1) is 32.5 Å². The Morgan fingerprint density at radius 2 is 1.03 bits per heavy atom. The molecule has 2 N–H and O–H groups in total. The van der Waals surface area contributed by atoms with Gasteiger partial charge < -0.3 is 4.42 Å². The first kappa shape index (κ1) is 22.8. The molecule has 3 aromatic rings. The molecule has 158 valence electrons. The third kappa shape index (κ3) is 5.86. The zero-order valence-corrected chi connectivity index (χ0v) is 18.4. The molecule has 1 aromatic heterocycles. The second-order valence-corrected chi connectivity index (χ2v) is 7.46. The van der Waals surface area contributed by atoms with Crippen LogP contribution in [0.3, 0.4) is 0 Å². The Morgan fingerprint density at radius 3 is 1.39 bits per heavy atom. The summed E-state index contributed by atoms with van der Waals surface area (Å²) in [6.07, 6.45) is 2.60. The van der Waals surface area contributed by atoms with Crippen molar-refractivity contribution in [2.75, 3.05) is 0 Å². The first-order valence-electron chi connectivity index (χ1n) is 8.51. The first-order valence-corrected chi connectivity index (χ1v) is 10.0. The monoisotopic (exact) mass is 496 g/mol. The average Bonchev–Trinajstić information content (AvgIpc) is 3.23. The largest absolute Gasteiger partial charge is 0.446 e. The third-order valence-corrected chi connectivity index (χ3v) is 5.09. The van der Waals surface area contributed by atoms with E-state index in [-0.39, 0.29) is 11.5 Å². The van der Waals surface area contributed by atoms with Crippen LogP contribution in [0.5, 0.6) is 0 Å². The molecule has 0 spiro atoms. The standard InChI is InChI=1S/C20H12Cl4N4O3/c21-13-3-1-4-14(22)11(13)9-25-27-19(29)17-7-8-18(31-17)20(30)28-26-10-12-15(23)5-2-6-16(12)24/h1-10H,(H,27,29)(H,28,30)/b25-9+,26-10+. The normalized spacial score (nSPS) is 11.2. The van der Waals surface area contributed by atoms with Gasteiger partial charge in [-0.3, -0.25) is 9.59 Å². The number of nitrogens with one attached hydrogen (secondary N) is 2. The van der Waals surface area contributed by atoms with Crippen LogP contribution in [-0.2, 0) is 0 Å². The molecule has 0 saturated heterocycles. The van der Waals surface area contributed by atoms with Gasteiger partial charge in [-0.1, -0.05) is 58.5 Å². The fraction of sp³-hybridized carbons (Fsp3) is 0. The lowest BCUT2D eigenvalue weighted by Crippen LogP contribution is -2.18. The molecular formula is C20H12Cl4N4O3. The van der Waals surface area contributed by atoms with Gasteiger partial charge in [0.25, 0.3) is 0 Å². The minimum absolute atomic E-state index is 0.134. The van der Waals surface area contributed by atoms with Crippen molar-refractivity contribution in [3.8, 4) is 0 Å². The Hall–Kier alpha value is -2.84. The second-order valence-electron chi connectivity index (χ2n) is 5.83. The molecule has 31 heavy (non-hydrogen) atoms. The number of hydrazone groups is 2. The Kier molecular flexibility index (Phi) is 7.70. The van der Waals surface area contributed by atoms with Crippen molar-refractivity contribution in [1.29, 1.82) is 0 Å². The highest BCUT2D eigenvalue weighted by atomic mass is 35.5. The number of halogens is 4. The van der Waals surface area contributed by atoms with Crippen LogP contribution in [0.4, 0.5) is 0 Å². The van der Waals surface area contributed by atoms with E-state index in [0.29, 0.717) is 31.2 Å². The maximum absolute atomic E-state index is 12.1. The number of furan rings is 1. The van der Waals surface area contributed by atoms with Crippen LogP contribution < -0.4 is 10.9 Å². The SMILES string of the molecule is O=C(N/N=C/c1c(Cl)cccc1Cl)c1ccc(C(=O)N/N=C/c2c(Cl)cccc2Cl)o1. The van der Waals surface area contributed by atoms with E-state index in [9.17, 15) is 9.59 Å². The molecule has 2 amide bonds. The van der Waals surface area contributed by atoms with Gasteiger partial charge in [0.15, 0.2) is 11.5 Å². The van der Waals surface area contributed by atoms with Gasteiger partial charge in [-0.2, -0.15) is 10.2 Å². The van der Waals surface area contributed by atoms with Crippen molar-refractivity contribution in [2.24, 2.45) is 10.2 Å². The topological polar surface area (TPSA) is 96.1 Å². The number of nitrogens with zero attached hydrogens (tertiary/aromatic N) is 2. The van der Waals surface area contributed by atoms with Gasteiger partial charge in [0.2, 0.25) is 0 Å². The summed E-state index contributed by atoms with van der Waals surface area (Å²) < 4.78 is 5.23. The fourth-order valence-electron chi connectivity index (χ4n) is 2.27. The molecule has 0 bridgehead atoms. The Morgan fingerprint density at radius 1 is 0.677 bits per heavy atom.